The van der Waals surface area contributed by atoms with Crippen LogP contribution >= 0.6 is 11.3 Å². The average molecular weight is 274 g/mol. The fraction of sp³-hybridized carbons (Fsp3) is 0.182. The van der Waals surface area contributed by atoms with Crippen LogP contribution in [0.3, 0.4) is 0 Å². The predicted octanol–water partition coefficient (Wildman–Crippen LogP) is 3.50. The Morgan fingerprint density at radius 3 is 2.83 bits per heavy atom. The third kappa shape index (κ3) is 3.36. The van der Waals surface area contributed by atoms with E-state index < -0.39 is 18.2 Å². The van der Waals surface area contributed by atoms with Crippen LogP contribution in [0.5, 0.6) is 5.75 Å². The Labute approximate surface area is 105 Å². The fourth-order valence-corrected chi connectivity index (χ4v) is 1.88. The zero-order valence-corrected chi connectivity index (χ0v) is 9.89. The number of hydrogen-bond donors (Lipinski definition) is 1. The first kappa shape index (κ1) is 12.7. The van der Waals surface area contributed by atoms with E-state index in [1.54, 1.807) is 5.51 Å². The highest BCUT2D eigenvalue weighted by atomic mass is 32.1. The summed E-state index contributed by atoms with van der Waals surface area (Å²) in [6.07, 6.45) is 0. The van der Waals surface area contributed by atoms with Gasteiger partial charge >= 0.3 is 6.61 Å². The molecule has 2 aromatic rings. The topological polar surface area (TPSA) is 34.2 Å². The van der Waals surface area contributed by atoms with Crippen LogP contribution in [0.15, 0.2) is 29.1 Å². The van der Waals surface area contributed by atoms with Crippen LogP contribution < -0.4 is 10.1 Å². The highest BCUT2D eigenvalue weighted by Gasteiger charge is 2.10. The molecule has 0 atom stereocenters. The molecule has 0 unspecified atom stereocenters. The van der Waals surface area contributed by atoms with Crippen molar-refractivity contribution >= 4 is 17.0 Å². The Morgan fingerprint density at radius 2 is 2.22 bits per heavy atom. The maximum Gasteiger partial charge on any atom is 0.387 e. The summed E-state index contributed by atoms with van der Waals surface area (Å²) >= 11 is 1.46. The molecule has 0 bridgehead atoms. The molecule has 0 saturated heterocycles. The molecule has 0 fully saturated rings. The van der Waals surface area contributed by atoms with Gasteiger partial charge in [0.25, 0.3) is 0 Å². The van der Waals surface area contributed by atoms with Crippen molar-refractivity contribution in [3.8, 4) is 5.75 Å². The van der Waals surface area contributed by atoms with Gasteiger partial charge in [0.05, 0.1) is 17.7 Å². The van der Waals surface area contributed by atoms with Gasteiger partial charge in [-0.05, 0) is 12.1 Å². The van der Waals surface area contributed by atoms with Gasteiger partial charge in [0.15, 0.2) is 11.6 Å². The van der Waals surface area contributed by atoms with Crippen LogP contribution in [-0.2, 0) is 6.54 Å². The number of thiazole rings is 1. The van der Waals surface area contributed by atoms with Gasteiger partial charge in [-0.15, -0.1) is 11.3 Å². The first-order valence-electron chi connectivity index (χ1n) is 5.00. The van der Waals surface area contributed by atoms with Gasteiger partial charge in [0, 0.05) is 17.1 Å². The highest BCUT2D eigenvalue weighted by Crippen LogP contribution is 2.23. The number of halogens is 3. The van der Waals surface area contributed by atoms with Crippen LogP contribution in [0.2, 0.25) is 0 Å². The molecule has 1 aromatic heterocycles. The molecule has 18 heavy (non-hydrogen) atoms. The minimum atomic E-state index is -3.03. The second kappa shape index (κ2) is 5.72. The second-order valence-electron chi connectivity index (χ2n) is 3.36. The Morgan fingerprint density at radius 1 is 1.39 bits per heavy atom. The third-order valence-electron chi connectivity index (χ3n) is 2.11. The van der Waals surface area contributed by atoms with Crippen LogP contribution in [-0.4, -0.2) is 11.6 Å². The van der Waals surface area contributed by atoms with Gasteiger partial charge in [0.2, 0.25) is 0 Å². The molecule has 7 heteroatoms. The first-order chi connectivity index (χ1) is 8.65. The predicted molar refractivity (Wildman–Crippen MR) is 62.5 cm³/mol. The zero-order valence-electron chi connectivity index (χ0n) is 9.07. The minimum Gasteiger partial charge on any atom is -0.432 e. The minimum absolute atomic E-state index is 0.442. The molecule has 0 aliphatic rings. The molecule has 2 rings (SSSR count). The number of benzene rings is 1. The second-order valence-corrected chi connectivity index (χ2v) is 4.08. The molecule has 0 spiro atoms. The lowest BCUT2D eigenvalue weighted by atomic mass is 10.3. The SMILES string of the molecule is Fc1cc(NCc2cscn2)ccc1OC(F)F. The number of nitrogens with zero attached hydrogens (tertiary/aromatic N) is 1. The maximum absolute atomic E-state index is 13.4. The van der Waals surface area contributed by atoms with Crippen molar-refractivity contribution in [3.63, 3.8) is 0 Å². The van der Waals surface area contributed by atoms with Gasteiger partial charge in [-0.1, -0.05) is 0 Å². The van der Waals surface area contributed by atoms with Gasteiger partial charge in [0.1, 0.15) is 0 Å². The molecule has 0 aliphatic heterocycles. The van der Waals surface area contributed by atoms with E-state index in [9.17, 15) is 13.2 Å². The smallest absolute Gasteiger partial charge is 0.387 e. The highest BCUT2D eigenvalue weighted by molar-refractivity contribution is 7.07. The monoisotopic (exact) mass is 274 g/mol. The van der Waals surface area contributed by atoms with Gasteiger partial charge in [-0.2, -0.15) is 8.78 Å². The summed E-state index contributed by atoms with van der Waals surface area (Å²) in [6, 6.07) is 3.72. The van der Waals surface area contributed by atoms with Crippen molar-refractivity contribution in [2.45, 2.75) is 13.2 Å². The van der Waals surface area contributed by atoms with Crippen molar-refractivity contribution in [1.29, 1.82) is 0 Å². The van der Waals surface area contributed by atoms with E-state index in [1.165, 1.54) is 17.4 Å². The molecule has 1 heterocycles. The Kier molecular flexibility index (Phi) is 4.03. The number of ether oxygens (including phenoxy) is 1. The number of aromatic nitrogens is 1. The number of alkyl halides is 2. The Hall–Kier alpha value is -1.76. The molecule has 0 radical (unpaired) electrons. The molecule has 0 amide bonds. The van der Waals surface area contributed by atoms with E-state index in [0.717, 1.165) is 17.8 Å². The molecule has 1 aromatic carbocycles. The molecule has 0 saturated carbocycles. The van der Waals surface area contributed by atoms with Crippen LogP contribution in [0.4, 0.5) is 18.9 Å². The lowest BCUT2D eigenvalue weighted by Gasteiger charge is -2.08. The van der Waals surface area contributed by atoms with E-state index in [4.69, 9.17) is 0 Å². The molecule has 3 nitrogen and oxygen atoms in total. The van der Waals surface area contributed by atoms with Crippen molar-refractivity contribution in [3.05, 3.63) is 40.6 Å². The summed E-state index contributed by atoms with van der Waals surface area (Å²) in [5.41, 5.74) is 2.99. The normalized spacial score (nSPS) is 10.7. The number of anilines is 1. The van der Waals surface area contributed by atoms with E-state index in [0.29, 0.717) is 12.2 Å². The fourth-order valence-electron chi connectivity index (χ4n) is 1.32. The van der Waals surface area contributed by atoms with Crippen molar-refractivity contribution in [2.75, 3.05) is 5.32 Å². The Bertz CT molecular complexity index is 505. The molecule has 1 N–H and O–H groups in total. The summed E-state index contributed by atoms with van der Waals surface area (Å²) in [5.74, 6) is -1.30. The molecule has 96 valence electrons. The molecular weight excluding hydrogens is 265 g/mol. The summed E-state index contributed by atoms with van der Waals surface area (Å²) < 4.78 is 41.2. The number of nitrogens with one attached hydrogen (secondary N) is 1. The van der Waals surface area contributed by atoms with Crippen LogP contribution in [0.25, 0.3) is 0 Å². The van der Waals surface area contributed by atoms with E-state index in [-0.39, 0.29) is 0 Å². The number of rotatable bonds is 5. The summed E-state index contributed by atoms with van der Waals surface area (Å²) in [4.78, 5) is 4.05. The van der Waals surface area contributed by atoms with Gasteiger partial charge < -0.3 is 10.1 Å². The lowest BCUT2D eigenvalue weighted by molar-refractivity contribution is -0.0521. The lowest BCUT2D eigenvalue weighted by Crippen LogP contribution is -2.05. The standard InChI is InChI=1S/C11H9F3N2OS/c12-9-3-7(1-2-10(9)17-11(13)14)15-4-8-5-18-6-16-8/h1-3,5-6,11,15H,4H2. The van der Waals surface area contributed by atoms with Crippen molar-refractivity contribution in [2.24, 2.45) is 0 Å². The van der Waals surface area contributed by atoms with E-state index >= 15 is 0 Å². The average Bonchev–Trinajstić information content (AvgIpc) is 2.82. The van der Waals surface area contributed by atoms with E-state index in [2.05, 4.69) is 15.0 Å². The van der Waals surface area contributed by atoms with E-state index in [1.807, 2.05) is 5.38 Å². The zero-order chi connectivity index (χ0) is 13.0. The molecule has 0 aliphatic carbocycles. The molecular formula is C11H9F3N2OS. The van der Waals surface area contributed by atoms with Crippen molar-refractivity contribution in [1.82, 2.24) is 4.98 Å². The quantitative estimate of drug-likeness (QED) is 0.906. The van der Waals surface area contributed by atoms with Crippen molar-refractivity contribution < 1.29 is 17.9 Å². The van der Waals surface area contributed by atoms with Crippen LogP contribution in [0, 0.1) is 5.82 Å². The van der Waals surface area contributed by atoms with Crippen LogP contribution in [0.1, 0.15) is 5.69 Å². The number of hydrogen-bond acceptors (Lipinski definition) is 4. The largest absolute Gasteiger partial charge is 0.432 e. The first-order valence-corrected chi connectivity index (χ1v) is 5.95. The summed E-state index contributed by atoms with van der Waals surface area (Å²) in [7, 11) is 0. The Balaban J connectivity index is 2.00. The summed E-state index contributed by atoms with van der Waals surface area (Å²) in [6.45, 7) is -2.59. The summed E-state index contributed by atoms with van der Waals surface area (Å²) in [5, 5.41) is 4.79. The van der Waals surface area contributed by atoms with Gasteiger partial charge in [-0.25, -0.2) is 9.37 Å². The van der Waals surface area contributed by atoms with Gasteiger partial charge in [-0.3, -0.25) is 0 Å². The maximum atomic E-state index is 13.4. The third-order valence-corrected chi connectivity index (χ3v) is 2.74.